The van der Waals surface area contributed by atoms with Gasteiger partial charge in [0, 0.05) is 18.7 Å². The van der Waals surface area contributed by atoms with Gasteiger partial charge in [0.15, 0.2) is 0 Å². The molecule has 2 aliphatic rings. The molecule has 0 aromatic heterocycles. The van der Waals surface area contributed by atoms with Gasteiger partial charge in [-0.2, -0.15) is 0 Å². The van der Waals surface area contributed by atoms with Crippen LogP contribution in [0.3, 0.4) is 0 Å². The van der Waals surface area contributed by atoms with Crippen LogP contribution in [0.15, 0.2) is 59.6 Å². The quantitative estimate of drug-likeness (QED) is 0.803. The molecule has 1 saturated heterocycles. The summed E-state index contributed by atoms with van der Waals surface area (Å²) in [7, 11) is 0. The van der Waals surface area contributed by atoms with Crippen LogP contribution in [0.1, 0.15) is 12.0 Å². The summed E-state index contributed by atoms with van der Waals surface area (Å²) in [5, 5.41) is 0. The lowest BCUT2D eigenvalue weighted by Gasteiger charge is -2.39. The average Bonchev–Trinajstić information content (AvgIpc) is 2.55. The normalized spacial score (nSPS) is 17.1. The van der Waals surface area contributed by atoms with Crippen LogP contribution in [0.25, 0.3) is 0 Å². The number of hydrogen-bond donors (Lipinski definition) is 0. The lowest BCUT2D eigenvalue weighted by molar-refractivity contribution is -0.128. The minimum Gasteiger partial charge on any atom is -0.311 e. The van der Waals surface area contributed by atoms with E-state index in [2.05, 4.69) is 17.0 Å². The van der Waals surface area contributed by atoms with Crippen LogP contribution in [-0.4, -0.2) is 23.3 Å². The number of para-hydroxylation sites is 2. The Balaban J connectivity index is 1.82. The predicted octanol–water partition coefficient (Wildman–Crippen LogP) is 2.93. The average molecular weight is 277 g/mol. The summed E-state index contributed by atoms with van der Waals surface area (Å²) >= 11 is 0. The van der Waals surface area contributed by atoms with Crippen LogP contribution in [0, 0.1) is 0 Å². The number of carbonyl (C=O) groups excluding carboxylic acids is 1. The van der Waals surface area contributed by atoms with Gasteiger partial charge in [0.1, 0.15) is 0 Å². The summed E-state index contributed by atoms with van der Waals surface area (Å²) in [4.78, 5) is 20.9. The summed E-state index contributed by atoms with van der Waals surface area (Å²) in [6.45, 7) is 1.29. The van der Waals surface area contributed by atoms with Crippen LogP contribution in [0.4, 0.5) is 11.4 Å². The molecule has 104 valence electrons. The Morgan fingerprint density at radius 3 is 2.52 bits per heavy atom. The topological polar surface area (TPSA) is 35.9 Å². The molecule has 0 unspecified atom stereocenters. The van der Waals surface area contributed by atoms with E-state index in [1.807, 2.05) is 42.5 Å². The van der Waals surface area contributed by atoms with Crippen LogP contribution in [0.5, 0.6) is 0 Å². The van der Waals surface area contributed by atoms with Gasteiger partial charge in [-0.15, -0.1) is 0 Å². The molecule has 0 bridgehead atoms. The van der Waals surface area contributed by atoms with Crippen molar-refractivity contribution in [2.75, 3.05) is 11.4 Å². The summed E-state index contributed by atoms with van der Waals surface area (Å²) in [6.07, 6.45) is 0.524. The van der Waals surface area contributed by atoms with E-state index in [0.717, 1.165) is 22.9 Å². The Labute approximate surface area is 123 Å². The molecule has 0 saturated carbocycles. The third kappa shape index (κ3) is 2.00. The monoisotopic (exact) mass is 277 g/mol. The van der Waals surface area contributed by atoms with E-state index < -0.39 is 0 Å². The summed E-state index contributed by atoms with van der Waals surface area (Å²) in [5.74, 6) is 0.895. The number of aliphatic imine (C=N–C) groups is 1. The largest absolute Gasteiger partial charge is 0.311 e. The molecule has 4 heteroatoms. The van der Waals surface area contributed by atoms with E-state index in [0.29, 0.717) is 19.5 Å². The number of anilines is 1. The molecule has 21 heavy (non-hydrogen) atoms. The van der Waals surface area contributed by atoms with Gasteiger partial charge in [0.05, 0.1) is 12.2 Å². The highest BCUT2D eigenvalue weighted by Crippen LogP contribution is 2.31. The maximum absolute atomic E-state index is 12.2. The Morgan fingerprint density at radius 2 is 1.67 bits per heavy atom. The van der Waals surface area contributed by atoms with Gasteiger partial charge in [0.25, 0.3) is 0 Å². The third-order valence-electron chi connectivity index (χ3n) is 3.94. The zero-order valence-electron chi connectivity index (χ0n) is 11.6. The van der Waals surface area contributed by atoms with Gasteiger partial charge in [-0.25, -0.2) is 4.99 Å². The molecule has 0 N–H and O–H groups in total. The highest BCUT2D eigenvalue weighted by molar-refractivity contribution is 6.10. The number of fused-ring (bicyclic) bond motifs is 2. The molecule has 4 rings (SSSR count). The zero-order valence-corrected chi connectivity index (χ0v) is 11.6. The van der Waals surface area contributed by atoms with Gasteiger partial charge >= 0.3 is 0 Å². The Bertz CT molecular complexity index is 724. The van der Waals surface area contributed by atoms with Gasteiger partial charge in [-0.05, 0) is 23.8 Å². The Hall–Kier alpha value is -2.62. The first-order valence-electron chi connectivity index (χ1n) is 7.12. The highest BCUT2D eigenvalue weighted by atomic mass is 16.2. The molecule has 2 aromatic carbocycles. The molecule has 4 nitrogen and oxygen atoms in total. The number of amides is 1. The fraction of sp³-hybridized carbons (Fsp3) is 0.176. The summed E-state index contributed by atoms with van der Waals surface area (Å²) in [5.41, 5.74) is 3.14. The van der Waals surface area contributed by atoms with Crippen molar-refractivity contribution in [2.45, 2.75) is 13.0 Å². The van der Waals surface area contributed by atoms with E-state index in [1.165, 1.54) is 0 Å². The molecule has 0 radical (unpaired) electrons. The van der Waals surface area contributed by atoms with E-state index in [1.54, 1.807) is 4.90 Å². The van der Waals surface area contributed by atoms with Crippen molar-refractivity contribution < 1.29 is 4.79 Å². The number of nitrogens with zero attached hydrogens (tertiary/aromatic N) is 3. The maximum Gasteiger partial charge on any atom is 0.231 e. The number of carbonyl (C=O) groups is 1. The second kappa shape index (κ2) is 4.74. The van der Waals surface area contributed by atoms with Crippen LogP contribution in [-0.2, 0) is 11.3 Å². The first-order valence-corrected chi connectivity index (χ1v) is 7.12. The minimum atomic E-state index is 0.149. The van der Waals surface area contributed by atoms with Crippen molar-refractivity contribution in [3.05, 3.63) is 60.2 Å². The minimum absolute atomic E-state index is 0.149. The molecule has 2 heterocycles. The van der Waals surface area contributed by atoms with E-state index in [4.69, 9.17) is 4.99 Å². The second-order valence-corrected chi connectivity index (χ2v) is 5.26. The second-order valence-electron chi connectivity index (χ2n) is 5.26. The van der Waals surface area contributed by atoms with Crippen molar-refractivity contribution >= 4 is 23.2 Å². The van der Waals surface area contributed by atoms with Crippen molar-refractivity contribution in [1.29, 1.82) is 0 Å². The summed E-state index contributed by atoms with van der Waals surface area (Å²) in [6, 6.07) is 18.1. The Kier molecular flexibility index (Phi) is 2.74. The van der Waals surface area contributed by atoms with Gasteiger partial charge in [-0.1, -0.05) is 36.4 Å². The smallest absolute Gasteiger partial charge is 0.231 e. The molecule has 1 amide bonds. The van der Waals surface area contributed by atoms with Gasteiger partial charge in [0.2, 0.25) is 11.9 Å². The predicted molar refractivity (Wildman–Crippen MR) is 82.5 cm³/mol. The molecular formula is C17H15N3O. The fourth-order valence-corrected chi connectivity index (χ4v) is 2.86. The van der Waals surface area contributed by atoms with E-state index in [9.17, 15) is 4.79 Å². The molecule has 2 aliphatic heterocycles. The number of guanidine groups is 1. The summed E-state index contributed by atoms with van der Waals surface area (Å²) < 4.78 is 0. The SMILES string of the molecule is O=C1CCN(c2ccccc2)C2=Nc3ccccc3CN12. The van der Waals surface area contributed by atoms with E-state index in [-0.39, 0.29) is 5.91 Å². The van der Waals surface area contributed by atoms with Gasteiger partial charge < -0.3 is 4.90 Å². The standard InChI is InChI=1S/C17H15N3O/c21-16-10-11-19(14-7-2-1-3-8-14)17-18-15-9-5-4-6-13(15)12-20(16)17/h1-9H,10-12H2. The van der Waals surface area contributed by atoms with Crippen molar-refractivity contribution in [3.8, 4) is 0 Å². The van der Waals surface area contributed by atoms with Crippen LogP contribution < -0.4 is 4.90 Å². The fourth-order valence-electron chi connectivity index (χ4n) is 2.86. The lowest BCUT2D eigenvalue weighted by atomic mass is 10.1. The Morgan fingerprint density at radius 1 is 0.905 bits per heavy atom. The first-order chi connectivity index (χ1) is 10.3. The van der Waals surface area contributed by atoms with E-state index >= 15 is 0 Å². The molecule has 0 spiro atoms. The number of hydrogen-bond acceptors (Lipinski definition) is 3. The maximum atomic E-state index is 12.2. The highest BCUT2D eigenvalue weighted by Gasteiger charge is 2.33. The first kappa shape index (κ1) is 12.1. The van der Waals surface area contributed by atoms with Gasteiger partial charge in [-0.3, -0.25) is 9.69 Å². The van der Waals surface area contributed by atoms with Crippen molar-refractivity contribution in [3.63, 3.8) is 0 Å². The number of benzene rings is 2. The molecule has 0 atom stereocenters. The zero-order chi connectivity index (χ0) is 14.2. The lowest BCUT2D eigenvalue weighted by Crippen LogP contribution is -2.53. The van der Waals surface area contributed by atoms with Crippen molar-refractivity contribution in [2.24, 2.45) is 4.99 Å². The van der Waals surface area contributed by atoms with Crippen LogP contribution in [0.2, 0.25) is 0 Å². The van der Waals surface area contributed by atoms with Crippen molar-refractivity contribution in [1.82, 2.24) is 4.90 Å². The van der Waals surface area contributed by atoms with Crippen LogP contribution >= 0.6 is 0 Å². The molecule has 0 aliphatic carbocycles. The molecular weight excluding hydrogens is 262 g/mol. The molecule has 2 aromatic rings. The third-order valence-corrected chi connectivity index (χ3v) is 3.94. The molecule has 1 fully saturated rings. The number of rotatable bonds is 1.